The fraction of sp³-hybridized carbons (Fsp3) is 0.579. The molecule has 124 valence electrons. The molecule has 0 radical (unpaired) electrons. The second-order valence-corrected chi connectivity index (χ2v) is 7.00. The molecule has 2 aliphatic rings. The summed E-state index contributed by atoms with van der Waals surface area (Å²) in [5.41, 5.74) is 2.22. The maximum atomic E-state index is 11.9. The first-order valence-electron chi connectivity index (χ1n) is 8.58. The lowest BCUT2D eigenvalue weighted by molar-refractivity contribution is -0.149. The number of nitrogens with one attached hydrogen (secondary N) is 1. The van der Waals surface area contributed by atoms with Gasteiger partial charge in [-0.15, -0.1) is 0 Å². The van der Waals surface area contributed by atoms with Gasteiger partial charge in [-0.25, -0.2) is 0 Å². The maximum absolute atomic E-state index is 11.9. The molecule has 2 saturated carbocycles. The van der Waals surface area contributed by atoms with E-state index in [1.165, 1.54) is 25.7 Å². The van der Waals surface area contributed by atoms with Gasteiger partial charge in [-0.2, -0.15) is 0 Å². The molecule has 1 aromatic carbocycles. The highest BCUT2D eigenvalue weighted by Crippen LogP contribution is 2.49. The summed E-state index contributed by atoms with van der Waals surface area (Å²) in [7, 11) is 0. The van der Waals surface area contributed by atoms with E-state index in [4.69, 9.17) is 4.74 Å². The number of hydrogen-bond acceptors (Lipinski definition) is 3. The number of benzene rings is 1. The zero-order valence-corrected chi connectivity index (χ0v) is 13.7. The fourth-order valence-electron chi connectivity index (χ4n) is 4.10. The highest BCUT2D eigenvalue weighted by Gasteiger charge is 2.40. The minimum atomic E-state index is -0.241. The minimum Gasteiger partial charge on any atom is -0.456 e. The van der Waals surface area contributed by atoms with Crippen LogP contribution in [0.5, 0.6) is 0 Å². The Balaban J connectivity index is 1.35. The van der Waals surface area contributed by atoms with E-state index in [0.717, 1.165) is 17.0 Å². The molecule has 23 heavy (non-hydrogen) atoms. The Labute approximate surface area is 137 Å². The summed E-state index contributed by atoms with van der Waals surface area (Å²) >= 11 is 0. The Kier molecular flexibility index (Phi) is 4.99. The van der Waals surface area contributed by atoms with E-state index in [-0.39, 0.29) is 18.5 Å². The van der Waals surface area contributed by atoms with Crippen molar-refractivity contribution in [2.24, 2.45) is 17.8 Å². The first kappa shape index (κ1) is 16.0. The van der Waals surface area contributed by atoms with Crippen molar-refractivity contribution in [2.75, 3.05) is 6.61 Å². The number of esters is 1. The quantitative estimate of drug-likeness (QED) is 0.821. The molecule has 0 aromatic heterocycles. The molecular formula is C19H25NO3. The van der Waals surface area contributed by atoms with Crippen LogP contribution in [0.15, 0.2) is 24.3 Å². The number of ether oxygens (including phenoxy) is 1. The van der Waals surface area contributed by atoms with Crippen molar-refractivity contribution in [3.05, 3.63) is 35.4 Å². The van der Waals surface area contributed by atoms with Crippen LogP contribution in [0.2, 0.25) is 0 Å². The van der Waals surface area contributed by atoms with Crippen molar-refractivity contribution < 1.29 is 14.3 Å². The molecule has 3 rings (SSSR count). The molecule has 2 aliphatic carbocycles. The van der Waals surface area contributed by atoms with Gasteiger partial charge < -0.3 is 10.1 Å². The van der Waals surface area contributed by atoms with Gasteiger partial charge in [0.1, 0.15) is 0 Å². The summed E-state index contributed by atoms with van der Waals surface area (Å²) < 4.78 is 5.14. The SMILES string of the molecule is Cc1ccccc1CNC(=O)COC(=O)C[C@@H]1C[C@H]2CC[C@@H]1C2. The van der Waals surface area contributed by atoms with Crippen LogP contribution in [-0.2, 0) is 20.9 Å². The van der Waals surface area contributed by atoms with Crippen molar-refractivity contribution >= 4 is 11.9 Å². The average Bonchev–Trinajstić information content (AvgIpc) is 3.15. The zero-order valence-electron chi connectivity index (χ0n) is 13.7. The predicted octanol–water partition coefficient (Wildman–Crippen LogP) is 2.98. The van der Waals surface area contributed by atoms with Crippen molar-refractivity contribution in [3.8, 4) is 0 Å². The van der Waals surface area contributed by atoms with Gasteiger partial charge in [0, 0.05) is 13.0 Å². The van der Waals surface area contributed by atoms with E-state index in [1.807, 2.05) is 31.2 Å². The van der Waals surface area contributed by atoms with E-state index in [0.29, 0.717) is 24.8 Å². The third-order valence-electron chi connectivity index (χ3n) is 5.41. The molecule has 4 nitrogen and oxygen atoms in total. The van der Waals surface area contributed by atoms with Crippen LogP contribution < -0.4 is 5.32 Å². The Morgan fingerprint density at radius 3 is 2.74 bits per heavy atom. The average molecular weight is 315 g/mol. The summed E-state index contributed by atoms with van der Waals surface area (Å²) in [6.45, 7) is 2.30. The van der Waals surface area contributed by atoms with Gasteiger partial charge in [0.2, 0.25) is 0 Å². The van der Waals surface area contributed by atoms with Gasteiger partial charge in [0.05, 0.1) is 0 Å². The lowest BCUT2D eigenvalue weighted by Gasteiger charge is -2.20. The monoisotopic (exact) mass is 315 g/mol. The Morgan fingerprint density at radius 1 is 1.22 bits per heavy atom. The predicted molar refractivity (Wildman–Crippen MR) is 87.5 cm³/mol. The fourth-order valence-corrected chi connectivity index (χ4v) is 4.10. The summed E-state index contributed by atoms with van der Waals surface area (Å²) in [6.07, 6.45) is 5.53. The van der Waals surface area contributed by atoms with Crippen molar-refractivity contribution in [3.63, 3.8) is 0 Å². The molecule has 0 unspecified atom stereocenters. The number of aryl methyl sites for hydroxylation is 1. The molecule has 2 fully saturated rings. The van der Waals surface area contributed by atoms with Gasteiger partial charge in [-0.1, -0.05) is 30.7 Å². The lowest BCUT2D eigenvalue weighted by atomic mass is 9.86. The Bertz CT molecular complexity index is 584. The van der Waals surface area contributed by atoms with E-state index in [1.54, 1.807) is 0 Å². The van der Waals surface area contributed by atoms with Gasteiger partial charge in [-0.3, -0.25) is 9.59 Å². The minimum absolute atomic E-state index is 0.175. The number of fused-ring (bicyclic) bond motifs is 2. The summed E-state index contributed by atoms with van der Waals surface area (Å²) in [4.78, 5) is 23.7. The van der Waals surface area contributed by atoms with Crippen molar-refractivity contribution in [1.82, 2.24) is 5.32 Å². The summed E-state index contributed by atoms with van der Waals surface area (Å²) in [5, 5.41) is 2.80. The molecule has 1 N–H and O–H groups in total. The van der Waals surface area contributed by atoms with E-state index in [9.17, 15) is 9.59 Å². The van der Waals surface area contributed by atoms with Gasteiger partial charge in [-0.05, 0) is 55.1 Å². The Hall–Kier alpha value is -1.84. The van der Waals surface area contributed by atoms with Gasteiger partial charge >= 0.3 is 5.97 Å². The molecule has 3 atom stereocenters. The van der Waals surface area contributed by atoms with Crippen LogP contribution in [0.1, 0.15) is 43.2 Å². The second-order valence-electron chi connectivity index (χ2n) is 7.00. The number of carbonyl (C=O) groups excluding carboxylic acids is 2. The highest BCUT2D eigenvalue weighted by atomic mass is 16.5. The van der Waals surface area contributed by atoms with Crippen LogP contribution >= 0.6 is 0 Å². The van der Waals surface area contributed by atoms with Gasteiger partial charge in [0.25, 0.3) is 5.91 Å². The van der Waals surface area contributed by atoms with Crippen LogP contribution in [0.3, 0.4) is 0 Å². The molecular weight excluding hydrogens is 290 g/mol. The first-order chi connectivity index (χ1) is 11.1. The van der Waals surface area contributed by atoms with Crippen LogP contribution in [0, 0.1) is 24.7 Å². The van der Waals surface area contributed by atoms with Crippen LogP contribution in [0.4, 0.5) is 0 Å². The molecule has 0 heterocycles. The Morgan fingerprint density at radius 2 is 2.04 bits per heavy atom. The molecule has 0 aliphatic heterocycles. The molecule has 2 bridgehead atoms. The van der Waals surface area contributed by atoms with Crippen LogP contribution in [0.25, 0.3) is 0 Å². The van der Waals surface area contributed by atoms with Crippen molar-refractivity contribution in [1.29, 1.82) is 0 Å². The van der Waals surface area contributed by atoms with E-state index < -0.39 is 0 Å². The third-order valence-corrected chi connectivity index (χ3v) is 5.41. The van der Waals surface area contributed by atoms with E-state index in [2.05, 4.69) is 5.32 Å². The zero-order chi connectivity index (χ0) is 16.2. The lowest BCUT2D eigenvalue weighted by Crippen LogP contribution is -2.29. The van der Waals surface area contributed by atoms with E-state index >= 15 is 0 Å². The van der Waals surface area contributed by atoms with Crippen molar-refractivity contribution in [2.45, 2.75) is 45.6 Å². The largest absolute Gasteiger partial charge is 0.456 e. The number of rotatable bonds is 6. The third kappa shape index (κ3) is 4.12. The highest BCUT2D eigenvalue weighted by molar-refractivity contribution is 5.80. The van der Waals surface area contributed by atoms with Gasteiger partial charge in [0.15, 0.2) is 6.61 Å². The topological polar surface area (TPSA) is 55.4 Å². The molecule has 0 saturated heterocycles. The molecule has 0 spiro atoms. The smallest absolute Gasteiger partial charge is 0.306 e. The maximum Gasteiger partial charge on any atom is 0.306 e. The summed E-state index contributed by atoms with van der Waals surface area (Å²) in [5.74, 6) is 1.55. The normalized spacial score (nSPS) is 25.3. The molecule has 1 aromatic rings. The molecule has 4 heteroatoms. The summed E-state index contributed by atoms with van der Waals surface area (Å²) in [6, 6.07) is 7.91. The number of hydrogen-bond donors (Lipinski definition) is 1. The second kappa shape index (κ2) is 7.16. The molecule has 1 amide bonds. The first-order valence-corrected chi connectivity index (χ1v) is 8.58. The number of carbonyl (C=O) groups is 2. The number of amides is 1. The van der Waals surface area contributed by atoms with Crippen LogP contribution in [-0.4, -0.2) is 18.5 Å². The standard InChI is InChI=1S/C19H25NO3/c1-13-4-2-3-5-16(13)11-20-18(21)12-23-19(22)10-17-9-14-6-7-15(17)8-14/h2-5,14-15,17H,6-12H2,1H3,(H,20,21)/t14-,15+,17-/m0/s1.